The van der Waals surface area contributed by atoms with Crippen LogP contribution in [0.1, 0.15) is 5.56 Å². The molecule has 114 valence electrons. The summed E-state index contributed by atoms with van der Waals surface area (Å²) >= 11 is 0. The quantitative estimate of drug-likeness (QED) is 0.510. The van der Waals surface area contributed by atoms with Gasteiger partial charge in [0.2, 0.25) is 0 Å². The first-order valence-electron chi connectivity index (χ1n) is 5.39. The van der Waals surface area contributed by atoms with Gasteiger partial charge in [-0.2, -0.15) is 26.3 Å². The van der Waals surface area contributed by atoms with E-state index in [1.165, 1.54) is 17.6 Å². The summed E-state index contributed by atoms with van der Waals surface area (Å²) in [5, 5.41) is 0. The molecule has 0 fully saturated rings. The Balaban J connectivity index is 3.03. The van der Waals surface area contributed by atoms with Gasteiger partial charge < -0.3 is 0 Å². The monoisotopic (exact) mass is 304 g/mol. The van der Waals surface area contributed by atoms with Crippen LogP contribution in [0.2, 0.25) is 0 Å². The van der Waals surface area contributed by atoms with E-state index in [-0.39, 0.29) is 5.56 Å². The Morgan fingerprint density at radius 1 is 1.05 bits per heavy atom. The standard InChI is InChI=1S/C11H11F7N2/c12-7-3-1-2-6(4-7)5-8(20-19)9(10(13,14)15)11(16,17)18/h1-4,8-9,20H,5,19H2. The molecule has 0 saturated carbocycles. The molecular weight excluding hydrogens is 293 g/mol. The van der Waals surface area contributed by atoms with Gasteiger partial charge in [-0.25, -0.2) is 4.39 Å². The number of hydrogen-bond donors (Lipinski definition) is 2. The normalized spacial score (nSPS) is 14.7. The van der Waals surface area contributed by atoms with Crippen LogP contribution in [-0.4, -0.2) is 18.4 Å². The van der Waals surface area contributed by atoms with Crippen LogP contribution in [-0.2, 0) is 6.42 Å². The summed E-state index contributed by atoms with van der Waals surface area (Å²) in [6, 6.07) is 2.15. The third kappa shape index (κ3) is 4.34. The number of alkyl halides is 6. The summed E-state index contributed by atoms with van der Waals surface area (Å²) in [5.41, 5.74) is 1.50. The van der Waals surface area contributed by atoms with Crippen molar-refractivity contribution in [3.63, 3.8) is 0 Å². The minimum atomic E-state index is -5.51. The Labute approximate surface area is 109 Å². The van der Waals surface area contributed by atoms with E-state index in [9.17, 15) is 30.7 Å². The van der Waals surface area contributed by atoms with E-state index in [2.05, 4.69) is 0 Å². The van der Waals surface area contributed by atoms with Crippen LogP contribution in [0.3, 0.4) is 0 Å². The lowest BCUT2D eigenvalue weighted by molar-refractivity contribution is -0.291. The molecule has 0 saturated heterocycles. The van der Waals surface area contributed by atoms with Gasteiger partial charge in [-0.1, -0.05) is 12.1 Å². The van der Waals surface area contributed by atoms with Gasteiger partial charge in [0, 0.05) is 6.04 Å². The summed E-state index contributed by atoms with van der Waals surface area (Å²) < 4.78 is 88.2. The second-order valence-electron chi connectivity index (χ2n) is 4.17. The van der Waals surface area contributed by atoms with Gasteiger partial charge in [0.15, 0.2) is 5.92 Å². The summed E-state index contributed by atoms with van der Waals surface area (Å²) in [5.74, 6) is 0.418. The predicted octanol–water partition coefficient (Wildman–Crippen LogP) is 2.94. The predicted molar refractivity (Wildman–Crippen MR) is 56.8 cm³/mol. The molecule has 0 amide bonds. The Morgan fingerprint density at radius 3 is 2.00 bits per heavy atom. The van der Waals surface area contributed by atoms with Gasteiger partial charge in [0.25, 0.3) is 0 Å². The minimum Gasteiger partial charge on any atom is -0.271 e. The highest BCUT2D eigenvalue weighted by Gasteiger charge is 2.59. The SMILES string of the molecule is NNC(Cc1cccc(F)c1)C(C(F)(F)F)C(F)(F)F. The maximum Gasteiger partial charge on any atom is 0.402 e. The van der Waals surface area contributed by atoms with Crippen LogP contribution in [0.4, 0.5) is 30.7 Å². The lowest BCUT2D eigenvalue weighted by atomic mass is 9.92. The zero-order valence-electron chi connectivity index (χ0n) is 9.89. The molecule has 9 heteroatoms. The third-order valence-electron chi connectivity index (χ3n) is 2.67. The molecule has 20 heavy (non-hydrogen) atoms. The largest absolute Gasteiger partial charge is 0.402 e. The number of nitrogens with two attached hydrogens (primary N) is 1. The fourth-order valence-corrected chi connectivity index (χ4v) is 1.83. The van der Waals surface area contributed by atoms with E-state index < -0.39 is 36.6 Å². The number of nitrogens with one attached hydrogen (secondary N) is 1. The molecule has 2 nitrogen and oxygen atoms in total. The van der Waals surface area contributed by atoms with Gasteiger partial charge >= 0.3 is 12.4 Å². The Morgan fingerprint density at radius 2 is 1.60 bits per heavy atom. The average molecular weight is 304 g/mol. The Bertz CT molecular complexity index is 427. The number of halogens is 7. The summed E-state index contributed by atoms with van der Waals surface area (Å²) in [7, 11) is 0. The fourth-order valence-electron chi connectivity index (χ4n) is 1.83. The smallest absolute Gasteiger partial charge is 0.271 e. The highest BCUT2D eigenvalue weighted by atomic mass is 19.4. The third-order valence-corrected chi connectivity index (χ3v) is 2.67. The molecule has 3 N–H and O–H groups in total. The number of benzene rings is 1. The zero-order valence-corrected chi connectivity index (χ0v) is 9.89. The Hall–Kier alpha value is -1.35. The van der Waals surface area contributed by atoms with Crippen molar-refractivity contribution < 1.29 is 30.7 Å². The number of hydrogen-bond acceptors (Lipinski definition) is 2. The van der Waals surface area contributed by atoms with E-state index in [1.54, 1.807) is 0 Å². The van der Waals surface area contributed by atoms with Crippen molar-refractivity contribution in [2.75, 3.05) is 0 Å². The van der Waals surface area contributed by atoms with E-state index >= 15 is 0 Å². The molecule has 1 atom stereocenters. The molecule has 1 unspecified atom stereocenters. The van der Waals surface area contributed by atoms with Gasteiger partial charge in [-0.15, -0.1) is 0 Å². The van der Waals surface area contributed by atoms with E-state index in [0.717, 1.165) is 12.1 Å². The average Bonchev–Trinajstić information content (AvgIpc) is 2.24. The molecule has 0 aliphatic heterocycles. The van der Waals surface area contributed by atoms with Gasteiger partial charge in [0.1, 0.15) is 5.82 Å². The van der Waals surface area contributed by atoms with Crippen LogP contribution >= 0.6 is 0 Å². The van der Waals surface area contributed by atoms with Crippen molar-refractivity contribution in [3.05, 3.63) is 35.6 Å². The van der Waals surface area contributed by atoms with Crippen molar-refractivity contribution in [2.45, 2.75) is 24.8 Å². The van der Waals surface area contributed by atoms with Gasteiger partial charge in [-0.3, -0.25) is 11.3 Å². The van der Waals surface area contributed by atoms with E-state index in [0.29, 0.717) is 0 Å². The molecule has 0 aliphatic rings. The molecular formula is C11H11F7N2. The Kier molecular flexibility index (Phi) is 4.98. The lowest BCUT2D eigenvalue weighted by Crippen LogP contribution is -2.54. The highest BCUT2D eigenvalue weighted by molar-refractivity contribution is 5.18. The molecule has 0 radical (unpaired) electrons. The molecule has 0 bridgehead atoms. The first-order chi connectivity index (χ1) is 9.05. The van der Waals surface area contributed by atoms with Gasteiger partial charge in [0.05, 0.1) is 0 Å². The zero-order chi connectivity index (χ0) is 15.6. The first-order valence-corrected chi connectivity index (χ1v) is 5.39. The molecule has 0 spiro atoms. The molecule has 1 rings (SSSR count). The van der Waals surface area contributed by atoms with Crippen molar-refractivity contribution in [1.82, 2.24) is 5.43 Å². The van der Waals surface area contributed by atoms with Crippen molar-refractivity contribution in [1.29, 1.82) is 0 Å². The maximum absolute atomic E-state index is 12.9. The second kappa shape index (κ2) is 5.96. The topological polar surface area (TPSA) is 38.0 Å². The molecule has 1 aromatic carbocycles. The van der Waals surface area contributed by atoms with Crippen LogP contribution in [0.15, 0.2) is 24.3 Å². The van der Waals surface area contributed by atoms with Crippen LogP contribution in [0.5, 0.6) is 0 Å². The van der Waals surface area contributed by atoms with E-state index in [1.807, 2.05) is 0 Å². The second-order valence-corrected chi connectivity index (χ2v) is 4.17. The van der Waals surface area contributed by atoms with Crippen molar-refractivity contribution in [2.24, 2.45) is 11.8 Å². The lowest BCUT2D eigenvalue weighted by Gasteiger charge is -2.30. The summed E-state index contributed by atoms with van der Waals surface area (Å²) in [6.07, 6.45) is -11.7. The van der Waals surface area contributed by atoms with Crippen molar-refractivity contribution >= 4 is 0 Å². The van der Waals surface area contributed by atoms with Crippen LogP contribution in [0, 0.1) is 11.7 Å². The number of hydrazine groups is 1. The molecule has 1 aromatic rings. The van der Waals surface area contributed by atoms with Crippen molar-refractivity contribution in [3.8, 4) is 0 Å². The highest BCUT2D eigenvalue weighted by Crippen LogP contribution is 2.41. The summed E-state index contributed by atoms with van der Waals surface area (Å²) in [4.78, 5) is 0. The maximum atomic E-state index is 12.9. The molecule has 0 aromatic heterocycles. The molecule has 0 aliphatic carbocycles. The summed E-state index contributed by atoms with van der Waals surface area (Å²) in [6.45, 7) is 0. The van der Waals surface area contributed by atoms with Crippen LogP contribution < -0.4 is 11.3 Å². The van der Waals surface area contributed by atoms with Crippen LogP contribution in [0.25, 0.3) is 0 Å². The molecule has 0 heterocycles. The number of rotatable bonds is 4. The fraction of sp³-hybridized carbons (Fsp3) is 0.455. The first kappa shape index (κ1) is 16.7. The van der Waals surface area contributed by atoms with Gasteiger partial charge in [-0.05, 0) is 24.1 Å². The van der Waals surface area contributed by atoms with E-state index in [4.69, 9.17) is 5.84 Å². The minimum absolute atomic E-state index is 0.0218.